The number of pyridine rings is 1. The molecule has 6 heteroatoms. The van der Waals surface area contributed by atoms with Crippen molar-refractivity contribution in [2.75, 3.05) is 6.54 Å². The molecule has 0 aromatic carbocycles. The van der Waals surface area contributed by atoms with Crippen molar-refractivity contribution in [3.8, 4) is 0 Å². The third-order valence-electron chi connectivity index (χ3n) is 4.48. The molecular weight excluding hydrogens is 292 g/mol. The number of rotatable bonds is 4. The van der Waals surface area contributed by atoms with Gasteiger partial charge >= 0.3 is 0 Å². The smallest absolute Gasteiger partial charge is 0.279 e. The molecule has 0 radical (unpaired) electrons. The number of aryl methyl sites for hydroxylation is 2. The molecule has 0 bridgehead atoms. The van der Waals surface area contributed by atoms with Gasteiger partial charge < -0.3 is 10.4 Å². The van der Waals surface area contributed by atoms with Crippen molar-refractivity contribution in [1.82, 2.24) is 19.9 Å². The van der Waals surface area contributed by atoms with Gasteiger partial charge in [-0.15, -0.1) is 0 Å². The summed E-state index contributed by atoms with van der Waals surface area (Å²) in [6, 6.07) is 2.26. The van der Waals surface area contributed by atoms with Gasteiger partial charge in [0, 0.05) is 11.7 Å². The van der Waals surface area contributed by atoms with Gasteiger partial charge in [0.25, 0.3) is 5.56 Å². The van der Waals surface area contributed by atoms with Gasteiger partial charge in [-0.2, -0.15) is 0 Å². The molecule has 124 valence electrons. The number of aliphatic hydroxyl groups is 1. The summed E-state index contributed by atoms with van der Waals surface area (Å²) < 4.78 is 1.47. The van der Waals surface area contributed by atoms with Gasteiger partial charge in [-0.25, -0.2) is 9.97 Å². The summed E-state index contributed by atoms with van der Waals surface area (Å²) in [5, 5.41) is 13.7. The molecule has 2 aromatic heterocycles. The number of piperidine rings is 1. The van der Waals surface area contributed by atoms with Crippen LogP contribution in [0.3, 0.4) is 0 Å². The van der Waals surface area contributed by atoms with Crippen LogP contribution in [0.15, 0.2) is 17.2 Å². The number of aliphatic hydroxyl groups excluding tert-OH is 1. The van der Waals surface area contributed by atoms with Crippen molar-refractivity contribution in [1.29, 1.82) is 0 Å². The van der Waals surface area contributed by atoms with Crippen molar-refractivity contribution in [2.45, 2.75) is 58.2 Å². The molecule has 3 heterocycles. The lowest BCUT2D eigenvalue weighted by Gasteiger charge is -2.25. The van der Waals surface area contributed by atoms with Crippen LogP contribution in [0.2, 0.25) is 0 Å². The maximum Gasteiger partial charge on any atom is 0.279 e. The maximum absolute atomic E-state index is 12.6. The van der Waals surface area contributed by atoms with E-state index in [2.05, 4.69) is 15.3 Å². The Morgan fingerprint density at radius 3 is 2.96 bits per heavy atom. The topological polar surface area (TPSA) is 80.0 Å². The van der Waals surface area contributed by atoms with Crippen LogP contribution in [0.1, 0.15) is 36.9 Å². The molecule has 2 atom stereocenters. The lowest BCUT2D eigenvalue weighted by Crippen LogP contribution is -2.38. The number of aromatic nitrogens is 3. The van der Waals surface area contributed by atoms with Gasteiger partial charge in [-0.05, 0) is 51.3 Å². The van der Waals surface area contributed by atoms with Gasteiger partial charge in [0.15, 0.2) is 5.52 Å². The number of nitrogens with zero attached hydrogens (tertiary/aromatic N) is 3. The number of hydrogen-bond donors (Lipinski definition) is 2. The second kappa shape index (κ2) is 6.76. The first-order chi connectivity index (χ1) is 11.0. The fraction of sp³-hybridized carbons (Fsp3) is 0.588. The monoisotopic (exact) mass is 316 g/mol. The average molecular weight is 316 g/mol. The molecule has 0 amide bonds. The van der Waals surface area contributed by atoms with Gasteiger partial charge in [-0.3, -0.25) is 9.36 Å². The van der Waals surface area contributed by atoms with Crippen molar-refractivity contribution in [2.24, 2.45) is 0 Å². The van der Waals surface area contributed by atoms with Crippen molar-refractivity contribution < 1.29 is 5.11 Å². The van der Waals surface area contributed by atoms with E-state index in [9.17, 15) is 9.90 Å². The SMILES string of the molecule is Cc1cc(C)c2ncn(C[C@@H](O)C[C@@H]3CCCCN3)c(=O)c2n1. The molecule has 0 spiro atoms. The summed E-state index contributed by atoms with van der Waals surface area (Å²) in [5.74, 6) is 0. The van der Waals surface area contributed by atoms with Crippen LogP contribution in [-0.4, -0.2) is 38.3 Å². The first-order valence-electron chi connectivity index (χ1n) is 8.29. The predicted molar refractivity (Wildman–Crippen MR) is 89.5 cm³/mol. The summed E-state index contributed by atoms with van der Waals surface area (Å²) in [6.07, 6.45) is 5.10. The molecule has 6 nitrogen and oxygen atoms in total. The molecule has 1 aliphatic rings. The van der Waals surface area contributed by atoms with E-state index in [1.807, 2.05) is 19.9 Å². The van der Waals surface area contributed by atoms with Gasteiger partial charge in [0.2, 0.25) is 0 Å². The first-order valence-corrected chi connectivity index (χ1v) is 8.29. The zero-order valence-electron chi connectivity index (χ0n) is 13.7. The van der Waals surface area contributed by atoms with Crippen molar-refractivity contribution >= 4 is 11.0 Å². The Labute approximate surface area is 135 Å². The first kappa shape index (κ1) is 16.1. The molecule has 3 rings (SSSR count). The lowest BCUT2D eigenvalue weighted by atomic mass is 9.99. The molecule has 23 heavy (non-hydrogen) atoms. The molecule has 1 saturated heterocycles. The summed E-state index contributed by atoms with van der Waals surface area (Å²) in [6.45, 7) is 5.07. The van der Waals surface area contributed by atoms with Crippen LogP contribution in [0.25, 0.3) is 11.0 Å². The Morgan fingerprint density at radius 2 is 2.22 bits per heavy atom. The number of nitrogens with one attached hydrogen (secondary N) is 1. The molecule has 2 aromatic rings. The third-order valence-corrected chi connectivity index (χ3v) is 4.48. The highest BCUT2D eigenvalue weighted by Gasteiger charge is 2.18. The fourth-order valence-electron chi connectivity index (χ4n) is 3.34. The maximum atomic E-state index is 12.6. The Hall–Kier alpha value is -1.79. The number of fused-ring (bicyclic) bond motifs is 1. The average Bonchev–Trinajstić information content (AvgIpc) is 2.51. The van der Waals surface area contributed by atoms with Gasteiger partial charge in [0.05, 0.1) is 24.5 Å². The Bertz CT molecular complexity index is 750. The molecule has 1 aliphatic heterocycles. The van der Waals surface area contributed by atoms with Crippen molar-refractivity contribution in [3.63, 3.8) is 0 Å². The minimum absolute atomic E-state index is 0.183. The summed E-state index contributed by atoms with van der Waals surface area (Å²) in [5.41, 5.74) is 2.59. The van der Waals surface area contributed by atoms with E-state index in [0.717, 1.165) is 24.2 Å². The van der Waals surface area contributed by atoms with Crippen LogP contribution >= 0.6 is 0 Å². The third kappa shape index (κ3) is 3.59. The zero-order chi connectivity index (χ0) is 16.4. The minimum atomic E-state index is -0.562. The highest BCUT2D eigenvalue weighted by atomic mass is 16.3. The highest BCUT2D eigenvalue weighted by Crippen LogP contribution is 2.14. The van der Waals surface area contributed by atoms with Crippen LogP contribution in [0.5, 0.6) is 0 Å². The van der Waals surface area contributed by atoms with E-state index >= 15 is 0 Å². The second-order valence-electron chi connectivity index (χ2n) is 6.52. The fourth-order valence-corrected chi connectivity index (χ4v) is 3.34. The Balaban J connectivity index is 1.80. The zero-order valence-corrected chi connectivity index (χ0v) is 13.7. The van der Waals surface area contributed by atoms with E-state index in [4.69, 9.17) is 0 Å². The van der Waals surface area contributed by atoms with E-state index in [0.29, 0.717) is 23.5 Å². The molecule has 0 unspecified atom stereocenters. The summed E-state index contributed by atoms with van der Waals surface area (Å²) >= 11 is 0. The minimum Gasteiger partial charge on any atom is -0.391 e. The quantitative estimate of drug-likeness (QED) is 0.889. The van der Waals surface area contributed by atoms with Crippen LogP contribution < -0.4 is 10.9 Å². The largest absolute Gasteiger partial charge is 0.391 e. The summed E-state index contributed by atoms with van der Waals surface area (Å²) in [7, 11) is 0. The highest BCUT2D eigenvalue weighted by molar-refractivity contribution is 5.76. The Kier molecular flexibility index (Phi) is 4.73. The predicted octanol–water partition coefficient (Wildman–Crippen LogP) is 1.30. The van der Waals surface area contributed by atoms with E-state index in [-0.39, 0.29) is 12.1 Å². The normalized spacial score (nSPS) is 19.9. The second-order valence-corrected chi connectivity index (χ2v) is 6.52. The lowest BCUT2D eigenvalue weighted by molar-refractivity contribution is 0.123. The van der Waals surface area contributed by atoms with Crippen molar-refractivity contribution in [3.05, 3.63) is 34.0 Å². The number of hydrogen-bond acceptors (Lipinski definition) is 5. The van der Waals surface area contributed by atoms with Crippen LogP contribution in [-0.2, 0) is 6.54 Å². The molecule has 2 N–H and O–H groups in total. The van der Waals surface area contributed by atoms with Gasteiger partial charge in [-0.1, -0.05) is 6.42 Å². The van der Waals surface area contributed by atoms with E-state index < -0.39 is 6.10 Å². The summed E-state index contributed by atoms with van der Waals surface area (Å²) in [4.78, 5) is 21.3. The molecule has 1 fully saturated rings. The van der Waals surface area contributed by atoms with Crippen LogP contribution in [0.4, 0.5) is 0 Å². The molecule has 0 saturated carbocycles. The van der Waals surface area contributed by atoms with E-state index in [1.165, 1.54) is 23.7 Å². The molecular formula is C17H24N4O2. The van der Waals surface area contributed by atoms with Crippen LogP contribution in [0, 0.1) is 13.8 Å². The van der Waals surface area contributed by atoms with E-state index in [1.54, 1.807) is 0 Å². The molecule has 0 aliphatic carbocycles. The van der Waals surface area contributed by atoms with Gasteiger partial charge in [0.1, 0.15) is 0 Å². The standard InChI is InChI=1S/C17H24N4O2/c1-11-7-12(2)20-16-15(11)19-10-21(17(16)23)9-14(22)8-13-5-3-4-6-18-13/h7,10,13-14,18,22H,3-6,8-9H2,1-2H3/t13-,14-/m0/s1. The Morgan fingerprint density at radius 1 is 1.39 bits per heavy atom.